The van der Waals surface area contributed by atoms with Crippen molar-refractivity contribution in [2.45, 2.75) is 13.0 Å². The molecule has 0 saturated heterocycles. The van der Waals surface area contributed by atoms with Crippen molar-refractivity contribution < 1.29 is 9.18 Å². The summed E-state index contributed by atoms with van der Waals surface area (Å²) in [6.07, 6.45) is 0. The lowest BCUT2D eigenvalue weighted by molar-refractivity contribution is 0.0742. The molecular formula is C16H16FNO. The third-order valence-corrected chi connectivity index (χ3v) is 3.27. The van der Waals surface area contributed by atoms with Crippen LogP contribution in [0.2, 0.25) is 0 Å². The highest BCUT2D eigenvalue weighted by Crippen LogP contribution is 2.20. The first kappa shape index (κ1) is 13.3. The predicted octanol–water partition coefficient (Wildman–Crippen LogP) is 3.66. The molecule has 2 rings (SSSR count). The fraction of sp³-hybridized carbons (Fsp3) is 0.188. The number of hydrogen-bond acceptors (Lipinski definition) is 1. The summed E-state index contributed by atoms with van der Waals surface area (Å²) in [5.41, 5.74) is 1.56. The van der Waals surface area contributed by atoms with E-state index in [4.69, 9.17) is 0 Å². The van der Waals surface area contributed by atoms with E-state index in [2.05, 4.69) is 0 Å². The Kier molecular flexibility index (Phi) is 3.95. The highest BCUT2D eigenvalue weighted by Gasteiger charge is 2.18. The number of carbonyl (C=O) groups excluding carboxylic acids is 1. The van der Waals surface area contributed by atoms with Crippen molar-refractivity contribution in [2.24, 2.45) is 0 Å². The molecule has 19 heavy (non-hydrogen) atoms. The molecule has 1 amide bonds. The van der Waals surface area contributed by atoms with Crippen LogP contribution >= 0.6 is 0 Å². The number of carbonyl (C=O) groups is 1. The molecule has 0 aliphatic rings. The van der Waals surface area contributed by atoms with Gasteiger partial charge in [0.25, 0.3) is 5.91 Å². The molecule has 0 aliphatic carbocycles. The summed E-state index contributed by atoms with van der Waals surface area (Å²) in [4.78, 5) is 13.9. The lowest BCUT2D eigenvalue weighted by atomic mass is 10.1. The third kappa shape index (κ3) is 2.99. The summed E-state index contributed by atoms with van der Waals surface area (Å²) in [5, 5.41) is 0. The van der Waals surface area contributed by atoms with Gasteiger partial charge in [-0.15, -0.1) is 0 Å². The molecule has 2 nitrogen and oxygen atoms in total. The first-order chi connectivity index (χ1) is 9.09. The Hall–Kier alpha value is -2.16. The fourth-order valence-electron chi connectivity index (χ4n) is 1.93. The van der Waals surface area contributed by atoms with Crippen LogP contribution in [0.15, 0.2) is 54.6 Å². The van der Waals surface area contributed by atoms with Gasteiger partial charge in [-0.1, -0.05) is 30.3 Å². The molecule has 1 atom stereocenters. The number of amides is 1. The molecule has 0 saturated carbocycles. The van der Waals surface area contributed by atoms with Crippen LogP contribution in [0.5, 0.6) is 0 Å². The molecule has 3 heteroatoms. The van der Waals surface area contributed by atoms with Gasteiger partial charge in [0.15, 0.2) is 0 Å². The largest absolute Gasteiger partial charge is 0.335 e. The van der Waals surface area contributed by atoms with E-state index in [1.807, 2.05) is 25.1 Å². The highest BCUT2D eigenvalue weighted by molar-refractivity contribution is 5.94. The molecule has 0 N–H and O–H groups in total. The van der Waals surface area contributed by atoms with Crippen LogP contribution in [-0.4, -0.2) is 17.9 Å². The molecule has 0 aromatic heterocycles. The second-order valence-corrected chi connectivity index (χ2v) is 4.51. The average Bonchev–Trinajstić information content (AvgIpc) is 2.46. The Morgan fingerprint density at radius 3 is 2.21 bits per heavy atom. The Balaban J connectivity index is 2.17. The molecule has 0 fully saturated rings. The maximum Gasteiger partial charge on any atom is 0.254 e. The molecule has 2 aromatic carbocycles. The van der Waals surface area contributed by atoms with Crippen molar-refractivity contribution in [1.29, 1.82) is 0 Å². The standard InChI is InChI=1S/C16H16FNO/c1-12(13-8-10-15(17)11-9-13)18(2)16(19)14-6-4-3-5-7-14/h3-12H,1-2H3/t12-/m1/s1. The Morgan fingerprint density at radius 1 is 1.05 bits per heavy atom. The first-order valence-electron chi connectivity index (χ1n) is 6.17. The zero-order valence-electron chi connectivity index (χ0n) is 11.0. The van der Waals surface area contributed by atoms with Gasteiger partial charge in [0.05, 0.1) is 6.04 Å². The third-order valence-electron chi connectivity index (χ3n) is 3.27. The second-order valence-electron chi connectivity index (χ2n) is 4.51. The average molecular weight is 257 g/mol. The number of benzene rings is 2. The number of hydrogen-bond donors (Lipinski definition) is 0. The van der Waals surface area contributed by atoms with E-state index in [0.717, 1.165) is 5.56 Å². The van der Waals surface area contributed by atoms with Crippen LogP contribution < -0.4 is 0 Å². The summed E-state index contributed by atoms with van der Waals surface area (Å²) >= 11 is 0. The fourth-order valence-corrected chi connectivity index (χ4v) is 1.93. The smallest absolute Gasteiger partial charge is 0.254 e. The Bertz CT molecular complexity index is 551. The summed E-state index contributed by atoms with van der Waals surface area (Å²) in [6, 6.07) is 15.2. The molecule has 0 unspecified atom stereocenters. The Morgan fingerprint density at radius 2 is 1.63 bits per heavy atom. The minimum Gasteiger partial charge on any atom is -0.335 e. The van der Waals surface area contributed by atoms with Gasteiger partial charge in [0.1, 0.15) is 5.82 Å². The SMILES string of the molecule is C[C@H](c1ccc(F)cc1)N(C)C(=O)c1ccccc1. The normalized spacial score (nSPS) is 11.9. The molecule has 0 spiro atoms. The zero-order valence-corrected chi connectivity index (χ0v) is 11.0. The molecule has 0 radical (unpaired) electrons. The minimum absolute atomic E-state index is 0.0441. The number of rotatable bonds is 3. The van der Waals surface area contributed by atoms with E-state index >= 15 is 0 Å². The van der Waals surface area contributed by atoms with E-state index in [9.17, 15) is 9.18 Å². The second kappa shape index (κ2) is 5.65. The summed E-state index contributed by atoms with van der Waals surface area (Å²) in [5.74, 6) is -0.314. The van der Waals surface area contributed by atoms with Crippen molar-refractivity contribution in [3.63, 3.8) is 0 Å². The topological polar surface area (TPSA) is 20.3 Å². The van der Waals surface area contributed by atoms with Gasteiger partial charge in [-0.05, 0) is 36.8 Å². The number of nitrogens with zero attached hydrogens (tertiary/aromatic N) is 1. The molecule has 98 valence electrons. The van der Waals surface area contributed by atoms with Gasteiger partial charge >= 0.3 is 0 Å². The van der Waals surface area contributed by atoms with Crippen LogP contribution in [0.1, 0.15) is 28.9 Å². The van der Waals surface area contributed by atoms with Gasteiger partial charge in [0, 0.05) is 12.6 Å². The van der Waals surface area contributed by atoms with Crippen LogP contribution in [0, 0.1) is 5.82 Å². The molecular weight excluding hydrogens is 241 g/mol. The quantitative estimate of drug-likeness (QED) is 0.821. The minimum atomic E-state index is -0.270. The maximum atomic E-state index is 12.9. The van der Waals surface area contributed by atoms with Crippen LogP contribution in [0.25, 0.3) is 0 Å². The van der Waals surface area contributed by atoms with Crippen LogP contribution in [-0.2, 0) is 0 Å². The van der Waals surface area contributed by atoms with E-state index in [-0.39, 0.29) is 17.8 Å². The van der Waals surface area contributed by atoms with Gasteiger partial charge in [-0.3, -0.25) is 4.79 Å². The van der Waals surface area contributed by atoms with E-state index in [0.29, 0.717) is 5.56 Å². The summed E-state index contributed by atoms with van der Waals surface area (Å²) in [7, 11) is 1.75. The monoisotopic (exact) mass is 257 g/mol. The van der Waals surface area contributed by atoms with Crippen molar-refractivity contribution in [2.75, 3.05) is 7.05 Å². The van der Waals surface area contributed by atoms with E-state index < -0.39 is 0 Å². The first-order valence-corrected chi connectivity index (χ1v) is 6.17. The molecule has 0 aliphatic heterocycles. The molecule has 0 heterocycles. The summed E-state index contributed by atoms with van der Waals surface area (Å²) < 4.78 is 12.9. The van der Waals surface area contributed by atoms with E-state index in [1.165, 1.54) is 12.1 Å². The van der Waals surface area contributed by atoms with E-state index in [1.54, 1.807) is 36.2 Å². The van der Waals surface area contributed by atoms with Crippen molar-refractivity contribution in [3.8, 4) is 0 Å². The van der Waals surface area contributed by atoms with Crippen molar-refractivity contribution in [1.82, 2.24) is 4.90 Å². The number of halogens is 1. The maximum absolute atomic E-state index is 12.9. The van der Waals surface area contributed by atoms with Gasteiger partial charge < -0.3 is 4.90 Å². The zero-order chi connectivity index (χ0) is 13.8. The lowest BCUT2D eigenvalue weighted by Gasteiger charge is -2.25. The van der Waals surface area contributed by atoms with Gasteiger partial charge in [-0.25, -0.2) is 4.39 Å². The Labute approximate surface area is 112 Å². The molecule has 2 aromatic rings. The van der Waals surface area contributed by atoms with Crippen LogP contribution in [0.3, 0.4) is 0 Å². The molecule has 0 bridgehead atoms. The van der Waals surface area contributed by atoms with Crippen molar-refractivity contribution >= 4 is 5.91 Å². The van der Waals surface area contributed by atoms with Gasteiger partial charge in [0.2, 0.25) is 0 Å². The lowest BCUT2D eigenvalue weighted by Crippen LogP contribution is -2.29. The highest BCUT2D eigenvalue weighted by atomic mass is 19.1. The van der Waals surface area contributed by atoms with Gasteiger partial charge in [-0.2, -0.15) is 0 Å². The predicted molar refractivity (Wildman–Crippen MR) is 73.4 cm³/mol. The van der Waals surface area contributed by atoms with Crippen molar-refractivity contribution in [3.05, 3.63) is 71.5 Å². The van der Waals surface area contributed by atoms with Crippen LogP contribution in [0.4, 0.5) is 4.39 Å². The summed E-state index contributed by atoms with van der Waals surface area (Å²) in [6.45, 7) is 1.92.